The molecule has 2 aliphatic carbocycles. The monoisotopic (exact) mass is 285 g/mol. The number of nitrogens with one attached hydrogen (secondary N) is 1. The topological polar surface area (TPSA) is 12.0 Å². The normalized spacial score (nSPS) is 27.1. The van der Waals surface area contributed by atoms with Crippen molar-refractivity contribution in [3.05, 3.63) is 35.4 Å². The maximum absolute atomic E-state index is 4.02. The van der Waals surface area contributed by atoms with E-state index >= 15 is 0 Å². The largest absolute Gasteiger partial charge is 0.307 e. The highest BCUT2D eigenvalue weighted by Crippen LogP contribution is 2.45. The molecule has 1 fully saturated rings. The van der Waals surface area contributed by atoms with E-state index in [1.807, 2.05) is 0 Å². The smallest absolute Gasteiger partial charge is 0.0379 e. The Balaban J connectivity index is 1.73. The van der Waals surface area contributed by atoms with Crippen LogP contribution in [-0.4, -0.2) is 6.04 Å². The zero-order valence-electron chi connectivity index (χ0n) is 14.0. The molecule has 2 aliphatic rings. The fourth-order valence-electron chi connectivity index (χ4n) is 4.52. The lowest BCUT2D eigenvalue weighted by atomic mass is 9.83. The molecular weight excluding hydrogens is 254 g/mol. The summed E-state index contributed by atoms with van der Waals surface area (Å²) in [4.78, 5) is 0. The van der Waals surface area contributed by atoms with Gasteiger partial charge in [-0.15, -0.1) is 0 Å². The molecule has 1 nitrogen and oxygen atoms in total. The van der Waals surface area contributed by atoms with Crippen LogP contribution in [0.2, 0.25) is 0 Å². The first-order chi connectivity index (χ1) is 10.1. The molecule has 0 bridgehead atoms. The molecule has 0 saturated heterocycles. The summed E-state index contributed by atoms with van der Waals surface area (Å²) in [6, 6.07) is 10.2. The molecule has 1 heteroatoms. The quantitative estimate of drug-likeness (QED) is 0.747. The van der Waals surface area contributed by atoms with Crippen LogP contribution in [-0.2, 0) is 6.42 Å². The van der Waals surface area contributed by atoms with Crippen molar-refractivity contribution in [2.24, 2.45) is 11.3 Å². The van der Waals surface area contributed by atoms with Crippen molar-refractivity contribution in [2.75, 3.05) is 0 Å². The van der Waals surface area contributed by atoms with Gasteiger partial charge >= 0.3 is 0 Å². The molecule has 0 heterocycles. The first-order valence-corrected chi connectivity index (χ1v) is 8.92. The summed E-state index contributed by atoms with van der Waals surface area (Å²) in [5, 5.41) is 4.02. The number of benzene rings is 1. The van der Waals surface area contributed by atoms with Crippen molar-refractivity contribution in [1.29, 1.82) is 0 Å². The first-order valence-electron chi connectivity index (χ1n) is 8.92. The molecule has 1 N–H and O–H groups in total. The maximum atomic E-state index is 4.02. The van der Waals surface area contributed by atoms with E-state index in [1.54, 1.807) is 11.1 Å². The zero-order chi connectivity index (χ0) is 14.9. The number of rotatable bonds is 3. The van der Waals surface area contributed by atoms with E-state index in [-0.39, 0.29) is 0 Å². The van der Waals surface area contributed by atoms with Crippen molar-refractivity contribution in [3.8, 4) is 0 Å². The van der Waals surface area contributed by atoms with Gasteiger partial charge in [-0.2, -0.15) is 0 Å². The van der Waals surface area contributed by atoms with Gasteiger partial charge in [-0.05, 0) is 48.6 Å². The Kier molecular flexibility index (Phi) is 4.40. The number of hydrogen-bond acceptors (Lipinski definition) is 1. The van der Waals surface area contributed by atoms with Gasteiger partial charge < -0.3 is 5.32 Å². The van der Waals surface area contributed by atoms with Gasteiger partial charge in [0, 0.05) is 12.1 Å². The highest BCUT2D eigenvalue weighted by atomic mass is 15.0. The van der Waals surface area contributed by atoms with Crippen LogP contribution in [0.3, 0.4) is 0 Å². The highest BCUT2D eigenvalue weighted by molar-refractivity contribution is 5.37. The van der Waals surface area contributed by atoms with E-state index < -0.39 is 0 Å². The summed E-state index contributed by atoms with van der Waals surface area (Å²) < 4.78 is 0. The van der Waals surface area contributed by atoms with Gasteiger partial charge in [0.15, 0.2) is 0 Å². The lowest BCUT2D eigenvalue weighted by Crippen LogP contribution is -2.40. The van der Waals surface area contributed by atoms with E-state index in [0.717, 1.165) is 5.92 Å². The molecule has 1 unspecified atom stereocenters. The summed E-state index contributed by atoms with van der Waals surface area (Å²) in [6.45, 7) is 7.27. The van der Waals surface area contributed by atoms with Crippen LogP contribution in [0.15, 0.2) is 24.3 Å². The molecule has 0 aromatic heterocycles. The van der Waals surface area contributed by atoms with Crippen LogP contribution in [0.5, 0.6) is 0 Å². The summed E-state index contributed by atoms with van der Waals surface area (Å²) >= 11 is 0. The van der Waals surface area contributed by atoms with Gasteiger partial charge in [-0.1, -0.05) is 63.8 Å². The number of fused-ring (bicyclic) bond motifs is 1. The lowest BCUT2D eigenvalue weighted by molar-refractivity contribution is 0.217. The van der Waals surface area contributed by atoms with Crippen molar-refractivity contribution in [2.45, 2.75) is 77.8 Å². The molecule has 0 amide bonds. The lowest BCUT2D eigenvalue weighted by Gasteiger charge is -2.34. The second-order valence-corrected chi connectivity index (χ2v) is 8.00. The third-order valence-corrected chi connectivity index (χ3v) is 5.83. The molecule has 21 heavy (non-hydrogen) atoms. The van der Waals surface area contributed by atoms with Gasteiger partial charge in [0.25, 0.3) is 0 Å². The van der Waals surface area contributed by atoms with Crippen molar-refractivity contribution < 1.29 is 0 Å². The molecule has 0 aliphatic heterocycles. The molecule has 1 aromatic carbocycles. The molecule has 1 aromatic rings. The average Bonchev–Trinajstić information content (AvgIpc) is 2.64. The highest BCUT2D eigenvalue weighted by Gasteiger charge is 2.39. The maximum Gasteiger partial charge on any atom is 0.0379 e. The molecule has 0 radical (unpaired) electrons. The predicted octanol–water partition coefficient (Wildman–Crippen LogP) is 5.26. The van der Waals surface area contributed by atoms with E-state index in [9.17, 15) is 0 Å². The third-order valence-electron chi connectivity index (χ3n) is 5.83. The van der Waals surface area contributed by atoms with Crippen LogP contribution in [0, 0.1) is 11.3 Å². The van der Waals surface area contributed by atoms with E-state index in [4.69, 9.17) is 0 Å². The number of hydrogen-bond donors (Lipinski definition) is 1. The summed E-state index contributed by atoms with van der Waals surface area (Å²) in [5.41, 5.74) is 3.43. The summed E-state index contributed by atoms with van der Waals surface area (Å²) in [6.07, 6.45) is 9.80. The van der Waals surface area contributed by atoms with Crippen molar-refractivity contribution in [3.63, 3.8) is 0 Å². The van der Waals surface area contributed by atoms with Gasteiger partial charge in [0.05, 0.1) is 0 Å². The molecule has 3 rings (SSSR count). The van der Waals surface area contributed by atoms with Crippen LogP contribution in [0.4, 0.5) is 0 Å². The van der Waals surface area contributed by atoms with Gasteiger partial charge in [0.2, 0.25) is 0 Å². The summed E-state index contributed by atoms with van der Waals surface area (Å²) in [5.74, 6) is 0.871. The van der Waals surface area contributed by atoms with Crippen LogP contribution in [0.25, 0.3) is 0 Å². The molecule has 116 valence electrons. The fraction of sp³-hybridized carbons (Fsp3) is 0.700. The van der Waals surface area contributed by atoms with Crippen molar-refractivity contribution in [1.82, 2.24) is 5.32 Å². The molecule has 1 saturated carbocycles. The predicted molar refractivity (Wildman–Crippen MR) is 90.5 cm³/mol. The van der Waals surface area contributed by atoms with Crippen LogP contribution < -0.4 is 5.32 Å². The molecule has 2 atom stereocenters. The fourth-order valence-corrected chi connectivity index (χ4v) is 4.52. The minimum absolute atomic E-state index is 0.336. The van der Waals surface area contributed by atoms with Gasteiger partial charge in [-0.3, -0.25) is 0 Å². The zero-order valence-corrected chi connectivity index (χ0v) is 14.0. The standard InChI is InChI=1S/C20H31N/c1-15(16-10-6-4-5-7-11-16)21-19-18-13-9-8-12-17(18)14-20(19,2)3/h8-9,12-13,15-16,19,21H,4-7,10-11,14H2,1-3H3/t15-,19?/m0/s1. The van der Waals surface area contributed by atoms with E-state index in [0.29, 0.717) is 17.5 Å². The second kappa shape index (κ2) is 6.12. The van der Waals surface area contributed by atoms with Crippen LogP contribution >= 0.6 is 0 Å². The van der Waals surface area contributed by atoms with E-state index in [1.165, 1.54) is 44.9 Å². The minimum atomic E-state index is 0.336. The Morgan fingerprint density at radius 3 is 2.43 bits per heavy atom. The van der Waals surface area contributed by atoms with E-state index in [2.05, 4.69) is 50.4 Å². The van der Waals surface area contributed by atoms with Crippen LogP contribution in [0.1, 0.15) is 76.5 Å². The minimum Gasteiger partial charge on any atom is -0.307 e. The van der Waals surface area contributed by atoms with Gasteiger partial charge in [-0.25, -0.2) is 0 Å². The Morgan fingerprint density at radius 2 is 1.71 bits per heavy atom. The Bertz CT molecular complexity index is 468. The SMILES string of the molecule is C[C@H](NC1c2ccccc2CC1(C)C)C1CCCCCC1. The Labute approximate surface area is 130 Å². The third kappa shape index (κ3) is 3.18. The molecular formula is C20H31N. The molecule has 0 spiro atoms. The van der Waals surface area contributed by atoms with Crippen molar-refractivity contribution >= 4 is 0 Å². The Hall–Kier alpha value is -0.820. The average molecular weight is 285 g/mol. The second-order valence-electron chi connectivity index (χ2n) is 8.00. The van der Waals surface area contributed by atoms with Gasteiger partial charge in [0.1, 0.15) is 0 Å². The Morgan fingerprint density at radius 1 is 1.05 bits per heavy atom. The first kappa shape index (κ1) is 15.1. The summed E-state index contributed by atoms with van der Waals surface area (Å²) in [7, 11) is 0.